The van der Waals surface area contributed by atoms with Crippen LogP contribution in [0.4, 0.5) is 0 Å². The molecule has 1 aromatic heterocycles. The van der Waals surface area contributed by atoms with Crippen LogP contribution in [0.1, 0.15) is 44.2 Å². The second-order valence-corrected chi connectivity index (χ2v) is 5.59. The first kappa shape index (κ1) is 14.5. The summed E-state index contributed by atoms with van der Waals surface area (Å²) in [4.78, 5) is 0. The van der Waals surface area contributed by atoms with E-state index in [1.165, 1.54) is 25.7 Å². The number of nitrogens with one attached hydrogen (secondary N) is 1. The zero-order chi connectivity index (χ0) is 13.7. The van der Waals surface area contributed by atoms with E-state index in [1.54, 1.807) is 0 Å². The van der Waals surface area contributed by atoms with Gasteiger partial charge in [-0.05, 0) is 18.9 Å². The van der Waals surface area contributed by atoms with Crippen molar-refractivity contribution in [1.29, 1.82) is 0 Å². The molecule has 1 saturated carbocycles. The first-order valence-electron chi connectivity index (χ1n) is 7.20. The van der Waals surface area contributed by atoms with Gasteiger partial charge in [-0.2, -0.15) is 5.10 Å². The molecule has 0 saturated heterocycles. The van der Waals surface area contributed by atoms with Gasteiger partial charge in [-0.3, -0.25) is 16.0 Å². The molecular formula is C14H26N4O. The lowest BCUT2D eigenvalue weighted by Crippen LogP contribution is -2.55. The third-order valence-corrected chi connectivity index (χ3v) is 4.37. The molecule has 1 heterocycles. The summed E-state index contributed by atoms with van der Waals surface area (Å²) in [6.45, 7) is 0. The highest BCUT2D eigenvalue weighted by molar-refractivity contribution is 5.06. The number of nitrogens with two attached hydrogens (primary N) is 1. The highest BCUT2D eigenvalue weighted by atomic mass is 16.5. The number of aryl methyl sites for hydroxylation is 1. The van der Waals surface area contributed by atoms with Gasteiger partial charge in [-0.15, -0.1) is 0 Å². The molecule has 0 aliphatic heterocycles. The van der Waals surface area contributed by atoms with Crippen molar-refractivity contribution in [2.45, 2.75) is 56.6 Å². The van der Waals surface area contributed by atoms with Gasteiger partial charge in [-0.25, -0.2) is 0 Å². The van der Waals surface area contributed by atoms with E-state index in [0.29, 0.717) is 0 Å². The molecule has 0 aromatic carbocycles. The van der Waals surface area contributed by atoms with Gasteiger partial charge < -0.3 is 4.74 Å². The van der Waals surface area contributed by atoms with Crippen molar-refractivity contribution in [3.8, 4) is 0 Å². The van der Waals surface area contributed by atoms with Crippen molar-refractivity contribution in [2.75, 3.05) is 7.11 Å². The molecule has 1 fully saturated rings. The van der Waals surface area contributed by atoms with Crippen molar-refractivity contribution in [2.24, 2.45) is 12.9 Å². The lowest BCUT2D eigenvalue weighted by atomic mass is 9.84. The Morgan fingerprint density at radius 2 is 2.11 bits per heavy atom. The Bertz CT molecular complexity index is 383. The third-order valence-electron chi connectivity index (χ3n) is 4.37. The maximum atomic E-state index is 5.91. The topological polar surface area (TPSA) is 65.1 Å². The number of hydrogen-bond acceptors (Lipinski definition) is 4. The van der Waals surface area contributed by atoms with Crippen molar-refractivity contribution in [3.63, 3.8) is 0 Å². The largest absolute Gasteiger partial charge is 0.377 e. The fraction of sp³-hybridized carbons (Fsp3) is 0.786. The van der Waals surface area contributed by atoms with Gasteiger partial charge in [0.05, 0.1) is 17.3 Å². The number of hydrazine groups is 1. The molecule has 0 spiro atoms. The summed E-state index contributed by atoms with van der Waals surface area (Å²) in [5.74, 6) is 5.81. The highest BCUT2D eigenvalue weighted by Gasteiger charge is 2.39. The van der Waals surface area contributed by atoms with Crippen molar-refractivity contribution in [1.82, 2.24) is 15.2 Å². The van der Waals surface area contributed by atoms with Crippen LogP contribution in [-0.2, 0) is 18.2 Å². The molecule has 1 aliphatic rings. The third kappa shape index (κ3) is 3.35. The monoisotopic (exact) mass is 266 g/mol. The molecule has 0 amide bonds. The fourth-order valence-electron chi connectivity index (χ4n) is 3.20. The smallest absolute Gasteiger partial charge is 0.0848 e. The van der Waals surface area contributed by atoms with E-state index in [1.807, 2.05) is 31.1 Å². The van der Waals surface area contributed by atoms with Crippen LogP contribution in [0, 0.1) is 0 Å². The molecule has 0 bridgehead atoms. The fourth-order valence-corrected chi connectivity index (χ4v) is 3.20. The maximum Gasteiger partial charge on any atom is 0.0848 e. The van der Waals surface area contributed by atoms with E-state index < -0.39 is 0 Å². The van der Waals surface area contributed by atoms with E-state index in [9.17, 15) is 0 Å². The minimum Gasteiger partial charge on any atom is -0.377 e. The number of methoxy groups -OCH3 is 1. The van der Waals surface area contributed by atoms with E-state index in [4.69, 9.17) is 10.6 Å². The van der Waals surface area contributed by atoms with E-state index in [-0.39, 0.29) is 11.6 Å². The average molecular weight is 266 g/mol. The minimum absolute atomic E-state index is 0.116. The molecule has 2 rings (SSSR count). The standard InChI is InChI=1S/C14H26N4O/c1-18-10-7-12(17-18)11-13(16-15)14(19-2)8-5-3-4-6-9-14/h7,10,13,16H,3-6,8-9,11,15H2,1-2H3. The van der Waals surface area contributed by atoms with Gasteiger partial charge in [0, 0.05) is 26.8 Å². The summed E-state index contributed by atoms with van der Waals surface area (Å²) in [6.07, 6.45) is 9.96. The summed E-state index contributed by atoms with van der Waals surface area (Å²) < 4.78 is 7.74. The van der Waals surface area contributed by atoms with Crippen molar-refractivity contribution >= 4 is 0 Å². The normalized spacial score (nSPS) is 21.0. The Morgan fingerprint density at radius 1 is 1.42 bits per heavy atom. The highest BCUT2D eigenvalue weighted by Crippen LogP contribution is 2.33. The van der Waals surface area contributed by atoms with E-state index >= 15 is 0 Å². The molecule has 1 unspecified atom stereocenters. The predicted molar refractivity (Wildman–Crippen MR) is 75.5 cm³/mol. The predicted octanol–water partition coefficient (Wildman–Crippen LogP) is 1.53. The van der Waals surface area contributed by atoms with Gasteiger partial charge >= 0.3 is 0 Å². The number of rotatable bonds is 5. The number of aromatic nitrogens is 2. The Kier molecular flexibility index (Phi) is 4.96. The lowest BCUT2D eigenvalue weighted by Gasteiger charge is -2.38. The molecule has 1 atom stereocenters. The maximum absolute atomic E-state index is 5.91. The number of hydrogen-bond donors (Lipinski definition) is 2. The zero-order valence-corrected chi connectivity index (χ0v) is 12.1. The van der Waals surface area contributed by atoms with Crippen LogP contribution >= 0.6 is 0 Å². The number of nitrogens with zero attached hydrogens (tertiary/aromatic N) is 2. The summed E-state index contributed by atoms with van der Waals surface area (Å²) in [6, 6.07) is 2.16. The Morgan fingerprint density at radius 3 is 2.58 bits per heavy atom. The minimum atomic E-state index is -0.150. The summed E-state index contributed by atoms with van der Waals surface area (Å²) in [5, 5.41) is 4.45. The molecule has 1 aliphatic carbocycles. The second kappa shape index (κ2) is 6.50. The van der Waals surface area contributed by atoms with Gasteiger partial charge in [0.2, 0.25) is 0 Å². The summed E-state index contributed by atoms with van der Waals surface area (Å²) >= 11 is 0. The van der Waals surface area contributed by atoms with Crippen LogP contribution < -0.4 is 11.3 Å². The molecule has 1 aromatic rings. The van der Waals surface area contributed by atoms with Crippen LogP contribution in [0.25, 0.3) is 0 Å². The van der Waals surface area contributed by atoms with Crippen LogP contribution in [-0.4, -0.2) is 28.5 Å². The lowest BCUT2D eigenvalue weighted by molar-refractivity contribution is -0.0529. The van der Waals surface area contributed by atoms with Crippen molar-refractivity contribution in [3.05, 3.63) is 18.0 Å². The van der Waals surface area contributed by atoms with E-state index in [0.717, 1.165) is 25.0 Å². The first-order chi connectivity index (χ1) is 9.20. The number of ether oxygens (including phenoxy) is 1. The quantitative estimate of drug-likeness (QED) is 0.482. The van der Waals surface area contributed by atoms with Crippen LogP contribution in [0.15, 0.2) is 12.3 Å². The SMILES string of the molecule is COC1(C(Cc2ccn(C)n2)NN)CCCCCC1. The molecule has 19 heavy (non-hydrogen) atoms. The molecule has 0 radical (unpaired) electrons. The second-order valence-electron chi connectivity index (χ2n) is 5.59. The molecular weight excluding hydrogens is 240 g/mol. The van der Waals surface area contributed by atoms with Gasteiger partial charge in [-0.1, -0.05) is 25.7 Å². The Balaban J connectivity index is 2.12. The summed E-state index contributed by atoms with van der Waals surface area (Å²) in [7, 11) is 3.75. The molecule has 5 nitrogen and oxygen atoms in total. The van der Waals surface area contributed by atoms with E-state index in [2.05, 4.69) is 10.5 Å². The van der Waals surface area contributed by atoms with Crippen LogP contribution in [0.5, 0.6) is 0 Å². The van der Waals surface area contributed by atoms with Crippen LogP contribution in [0.3, 0.4) is 0 Å². The molecule has 5 heteroatoms. The molecule has 3 N–H and O–H groups in total. The molecule has 108 valence electrons. The van der Waals surface area contributed by atoms with Gasteiger partial charge in [0.25, 0.3) is 0 Å². The average Bonchev–Trinajstić information content (AvgIpc) is 2.69. The first-order valence-corrected chi connectivity index (χ1v) is 7.20. The summed E-state index contributed by atoms with van der Waals surface area (Å²) in [5.41, 5.74) is 3.89. The Hall–Kier alpha value is -0.910. The van der Waals surface area contributed by atoms with Crippen molar-refractivity contribution < 1.29 is 4.74 Å². The van der Waals surface area contributed by atoms with Crippen LogP contribution in [0.2, 0.25) is 0 Å². The Labute approximate surface area is 115 Å². The van der Waals surface area contributed by atoms with Gasteiger partial charge in [0.15, 0.2) is 0 Å². The zero-order valence-electron chi connectivity index (χ0n) is 12.1. The van der Waals surface area contributed by atoms with Gasteiger partial charge in [0.1, 0.15) is 0 Å².